The minimum absolute atomic E-state index is 0.0605. The Labute approximate surface area is 91.2 Å². The van der Waals surface area contributed by atoms with E-state index in [2.05, 4.69) is 0 Å². The topological polar surface area (TPSA) is 51.2 Å². The molecule has 0 saturated carbocycles. The van der Waals surface area contributed by atoms with E-state index in [4.69, 9.17) is 0 Å². The van der Waals surface area contributed by atoms with Gasteiger partial charge >= 0.3 is 0 Å². The van der Waals surface area contributed by atoms with Gasteiger partial charge in [-0.05, 0) is 19.8 Å². The maximum Gasteiger partial charge on any atom is 0.139 e. The smallest absolute Gasteiger partial charge is 0.139 e. The fourth-order valence-electron chi connectivity index (χ4n) is 1.41. The lowest BCUT2D eigenvalue weighted by Gasteiger charge is -2.05. The molecule has 0 spiro atoms. The number of carbonyl (C=O) groups is 3. The molecule has 0 bridgehead atoms. The summed E-state index contributed by atoms with van der Waals surface area (Å²) in [6, 6.07) is 0. The number of Topliss-reactive ketones (excluding diaryl/α,β-unsaturated/α-hetero) is 2. The van der Waals surface area contributed by atoms with Gasteiger partial charge in [0, 0.05) is 12.8 Å². The Morgan fingerprint density at radius 1 is 1.20 bits per heavy atom. The van der Waals surface area contributed by atoms with Crippen molar-refractivity contribution in [3.05, 3.63) is 0 Å². The molecule has 0 radical (unpaired) electrons. The van der Waals surface area contributed by atoms with Crippen LogP contribution in [0.15, 0.2) is 0 Å². The predicted octanol–water partition coefficient (Wildman–Crippen LogP) is 2.32. The number of aldehydes is 1. The second-order valence-corrected chi connectivity index (χ2v) is 3.84. The van der Waals surface area contributed by atoms with E-state index in [1.165, 1.54) is 6.92 Å². The van der Waals surface area contributed by atoms with Crippen LogP contribution in [0.1, 0.15) is 52.4 Å². The van der Waals surface area contributed by atoms with Gasteiger partial charge in [-0.2, -0.15) is 0 Å². The molecule has 0 saturated heterocycles. The summed E-state index contributed by atoms with van der Waals surface area (Å²) in [5.74, 6) is -0.213. The zero-order valence-electron chi connectivity index (χ0n) is 9.62. The average Bonchev–Trinajstić information content (AvgIpc) is 2.22. The van der Waals surface area contributed by atoms with Crippen molar-refractivity contribution in [3.8, 4) is 0 Å². The highest BCUT2D eigenvalue weighted by Gasteiger charge is 2.11. The van der Waals surface area contributed by atoms with Crippen LogP contribution in [0.5, 0.6) is 0 Å². The summed E-state index contributed by atoms with van der Waals surface area (Å²) in [4.78, 5) is 32.4. The first kappa shape index (κ1) is 14.0. The van der Waals surface area contributed by atoms with Crippen molar-refractivity contribution in [3.63, 3.8) is 0 Å². The van der Waals surface area contributed by atoms with Crippen LogP contribution in [0, 0.1) is 5.92 Å². The molecule has 0 heterocycles. The standard InChI is InChI=1S/C12H20O3/c1-3-12(15)8-6-4-5-7-11(9-13)10(2)14/h9,11H,3-8H2,1-2H3/t11-/m0/s1. The quantitative estimate of drug-likeness (QED) is 0.335. The maximum absolute atomic E-state index is 11.0. The van der Waals surface area contributed by atoms with Gasteiger partial charge in [-0.25, -0.2) is 0 Å². The zero-order valence-corrected chi connectivity index (χ0v) is 9.62. The van der Waals surface area contributed by atoms with E-state index in [1.54, 1.807) is 0 Å². The SMILES string of the molecule is CCC(=O)CCCCC[C@@H](C=O)C(C)=O. The third-order valence-corrected chi connectivity index (χ3v) is 2.55. The number of carbonyl (C=O) groups excluding carboxylic acids is 3. The summed E-state index contributed by atoms with van der Waals surface area (Å²) >= 11 is 0. The molecule has 0 aromatic heterocycles. The van der Waals surface area contributed by atoms with E-state index in [9.17, 15) is 14.4 Å². The minimum atomic E-state index is -0.438. The second kappa shape index (κ2) is 8.33. The Morgan fingerprint density at radius 3 is 2.33 bits per heavy atom. The van der Waals surface area contributed by atoms with E-state index in [0.717, 1.165) is 25.5 Å². The summed E-state index contributed by atoms with van der Waals surface area (Å²) in [5, 5.41) is 0. The summed E-state index contributed by atoms with van der Waals surface area (Å²) < 4.78 is 0. The summed E-state index contributed by atoms with van der Waals surface area (Å²) in [5.41, 5.74) is 0. The van der Waals surface area contributed by atoms with Crippen LogP contribution >= 0.6 is 0 Å². The van der Waals surface area contributed by atoms with Gasteiger partial charge in [-0.15, -0.1) is 0 Å². The van der Waals surface area contributed by atoms with Crippen molar-refractivity contribution >= 4 is 17.9 Å². The van der Waals surface area contributed by atoms with E-state index < -0.39 is 5.92 Å². The molecule has 0 aliphatic carbocycles. The highest BCUT2D eigenvalue weighted by Crippen LogP contribution is 2.10. The van der Waals surface area contributed by atoms with Crippen molar-refractivity contribution in [1.29, 1.82) is 0 Å². The molecule has 0 aliphatic rings. The van der Waals surface area contributed by atoms with Crippen molar-refractivity contribution < 1.29 is 14.4 Å². The molecule has 0 rings (SSSR count). The number of rotatable bonds is 9. The number of ketones is 2. The van der Waals surface area contributed by atoms with E-state index in [0.29, 0.717) is 19.3 Å². The Balaban J connectivity index is 3.49. The first-order chi connectivity index (χ1) is 7.11. The lowest BCUT2D eigenvalue weighted by atomic mass is 9.98. The largest absolute Gasteiger partial charge is 0.303 e. The molecule has 0 fully saturated rings. The fourth-order valence-corrected chi connectivity index (χ4v) is 1.41. The first-order valence-electron chi connectivity index (χ1n) is 5.59. The monoisotopic (exact) mass is 212 g/mol. The lowest BCUT2D eigenvalue weighted by Crippen LogP contribution is -2.11. The summed E-state index contributed by atoms with van der Waals surface area (Å²) in [6.07, 6.45) is 5.21. The van der Waals surface area contributed by atoms with Gasteiger partial charge in [0.05, 0.1) is 5.92 Å². The van der Waals surface area contributed by atoms with Crippen LogP contribution in [0.25, 0.3) is 0 Å². The Kier molecular flexibility index (Phi) is 7.78. The molecule has 0 aliphatic heterocycles. The van der Waals surface area contributed by atoms with E-state index in [1.807, 2.05) is 6.92 Å². The van der Waals surface area contributed by atoms with Crippen LogP contribution in [-0.2, 0) is 14.4 Å². The Hall–Kier alpha value is -0.990. The predicted molar refractivity (Wildman–Crippen MR) is 58.6 cm³/mol. The Bertz CT molecular complexity index is 221. The highest BCUT2D eigenvalue weighted by atomic mass is 16.1. The number of hydrogen-bond acceptors (Lipinski definition) is 3. The van der Waals surface area contributed by atoms with Gasteiger partial charge in [0.2, 0.25) is 0 Å². The van der Waals surface area contributed by atoms with Crippen LogP contribution in [0.3, 0.4) is 0 Å². The molecule has 0 unspecified atom stereocenters. The summed E-state index contributed by atoms with van der Waals surface area (Å²) in [7, 11) is 0. The van der Waals surface area contributed by atoms with Gasteiger partial charge < -0.3 is 4.79 Å². The molecule has 15 heavy (non-hydrogen) atoms. The normalized spacial score (nSPS) is 12.1. The van der Waals surface area contributed by atoms with Gasteiger partial charge in [-0.1, -0.05) is 19.8 Å². The number of hydrogen-bond donors (Lipinski definition) is 0. The van der Waals surface area contributed by atoms with Crippen LogP contribution < -0.4 is 0 Å². The molecule has 86 valence electrons. The first-order valence-corrected chi connectivity index (χ1v) is 5.59. The van der Waals surface area contributed by atoms with Crippen LogP contribution in [-0.4, -0.2) is 17.9 Å². The molecular weight excluding hydrogens is 192 g/mol. The third kappa shape index (κ3) is 7.00. The molecule has 0 aromatic carbocycles. The van der Waals surface area contributed by atoms with Crippen molar-refractivity contribution in [1.82, 2.24) is 0 Å². The minimum Gasteiger partial charge on any atom is -0.303 e. The molecule has 0 N–H and O–H groups in total. The van der Waals surface area contributed by atoms with E-state index >= 15 is 0 Å². The number of unbranched alkanes of at least 4 members (excludes halogenated alkanes) is 2. The van der Waals surface area contributed by atoms with Crippen molar-refractivity contribution in [2.45, 2.75) is 52.4 Å². The highest BCUT2D eigenvalue weighted by molar-refractivity contribution is 5.91. The molecule has 0 aromatic rings. The van der Waals surface area contributed by atoms with E-state index in [-0.39, 0.29) is 11.6 Å². The van der Waals surface area contributed by atoms with Crippen LogP contribution in [0.2, 0.25) is 0 Å². The molecule has 1 atom stereocenters. The summed E-state index contributed by atoms with van der Waals surface area (Å²) in [6.45, 7) is 3.31. The van der Waals surface area contributed by atoms with Gasteiger partial charge in [0.15, 0.2) is 0 Å². The molecule has 0 amide bonds. The lowest BCUT2D eigenvalue weighted by molar-refractivity contribution is -0.126. The molecule has 3 heteroatoms. The van der Waals surface area contributed by atoms with Gasteiger partial charge in [0.25, 0.3) is 0 Å². The fraction of sp³-hybridized carbons (Fsp3) is 0.750. The van der Waals surface area contributed by atoms with Crippen LogP contribution in [0.4, 0.5) is 0 Å². The van der Waals surface area contributed by atoms with Gasteiger partial charge in [-0.3, -0.25) is 9.59 Å². The zero-order chi connectivity index (χ0) is 11.7. The molecule has 3 nitrogen and oxygen atoms in total. The van der Waals surface area contributed by atoms with Crippen molar-refractivity contribution in [2.24, 2.45) is 5.92 Å². The average molecular weight is 212 g/mol. The van der Waals surface area contributed by atoms with Gasteiger partial charge in [0.1, 0.15) is 17.9 Å². The second-order valence-electron chi connectivity index (χ2n) is 3.84. The Morgan fingerprint density at radius 2 is 1.87 bits per heavy atom. The van der Waals surface area contributed by atoms with Crippen molar-refractivity contribution in [2.75, 3.05) is 0 Å². The maximum atomic E-state index is 11.0. The molecular formula is C12H20O3. The third-order valence-electron chi connectivity index (χ3n) is 2.55.